The number of amides is 1. The van der Waals surface area contributed by atoms with E-state index in [1.807, 2.05) is 36.5 Å². The van der Waals surface area contributed by atoms with Crippen LogP contribution < -0.4 is 5.32 Å². The number of hydrogen-bond acceptors (Lipinski definition) is 5. The summed E-state index contributed by atoms with van der Waals surface area (Å²) < 4.78 is 0. The Hall–Kier alpha value is -3.49. The number of H-pyrrole nitrogens is 1. The molecule has 1 fully saturated rings. The molecule has 1 aliphatic heterocycles. The Morgan fingerprint density at radius 3 is 2.51 bits per heavy atom. The van der Waals surface area contributed by atoms with Crippen LogP contribution in [0.5, 0.6) is 0 Å². The van der Waals surface area contributed by atoms with E-state index in [2.05, 4.69) is 73.5 Å². The van der Waals surface area contributed by atoms with Crippen LogP contribution in [0.4, 0.5) is 0 Å². The number of hydroxylamine groups is 2. The Morgan fingerprint density at radius 1 is 1.05 bits per heavy atom. The quantitative estimate of drug-likeness (QED) is 0.234. The van der Waals surface area contributed by atoms with Gasteiger partial charge in [-0.3, -0.25) is 9.63 Å². The minimum absolute atomic E-state index is 0.0854. The average Bonchev–Trinajstić information content (AvgIpc) is 3.54. The zero-order chi connectivity index (χ0) is 29.1. The van der Waals surface area contributed by atoms with E-state index in [0.717, 1.165) is 33.2 Å². The highest BCUT2D eigenvalue weighted by Gasteiger charge is 2.48. The Morgan fingerprint density at radius 2 is 1.80 bits per heavy atom. The molecule has 4 aromatic rings. The summed E-state index contributed by atoms with van der Waals surface area (Å²) >= 11 is 0. The maximum absolute atomic E-state index is 13.5. The number of hydrogen-bond donors (Lipinski definition) is 4. The molecule has 0 unspecified atom stereocenters. The van der Waals surface area contributed by atoms with Gasteiger partial charge in [-0.15, -0.1) is 0 Å². The van der Waals surface area contributed by atoms with Crippen molar-refractivity contribution < 1.29 is 19.8 Å². The number of rotatable bonds is 9. The lowest BCUT2D eigenvalue weighted by Crippen LogP contribution is -2.48. The van der Waals surface area contributed by atoms with Crippen LogP contribution in [0.25, 0.3) is 22.0 Å². The van der Waals surface area contributed by atoms with Gasteiger partial charge in [-0.2, -0.15) is 5.06 Å². The number of nitrogens with zero attached hydrogens (tertiary/aromatic N) is 1. The number of para-hydroxylation sites is 1. The van der Waals surface area contributed by atoms with Crippen LogP contribution in [0.2, 0.25) is 0 Å². The molecule has 4 atom stereocenters. The van der Waals surface area contributed by atoms with Crippen molar-refractivity contribution in [2.45, 2.75) is 64.3 Å². The summed E-state index contributed by atoms with van der Waals surface area (Å²) in [4.78, 5) is 22.9. The van der Waals surface area contributed by atoms with Gasteiger partial charge in [0.05, 0.1) is 19.3 Å². The number of aliphatic hydroxyl groups excluding tert-OH is 2. The second-order valence-corrected chi connectivity index (χ2v) is 12.1. The standard InChI is InChI=1S/C34H41N3O4/c1-22(39)32-29(21-38)31(33(40)35-17-16-26-19-36-30-11-6-5-10-28(26)30)37(41-32)20-23-8-7-9-25(18-23)24-12-14-27(15-13-24)34(2,3)4/h5-15,18-19,22,29,31-32,36,38-39H,16-17,20-21H2,1-4H3,(H,35,40)/t22-,29-,31-,32-/m1/s1. The molecule has 7 nitrogen and oxygen atoms in total. The molecule has 0 aliphatic carbocycles. The topological polar surface area (TPSA) is 97.8 Å². The van der Waals surface area contributed by atoms with Gasteiger partial charge < -0.3 is 20.5 Å². The molecule has 2 heterocycles. The van der Waals surface area contributed by atoms with Crippen LogP contribution in [0.3, 0.4) is 0 Å². The minimum atomic E-state index is -0.841. The van der Waals surface area contributed by atoms with Crippen LogP contribution >= 0.6 is 0 Å². The Labute approximate surface area is 242 Å². The molecular formula is C34H41N3O4. The number of carbonyl (C=O) groups is 1. The van der Waals surface area contributed by atoms with E-state index in [9.17, 15) is 15.0 Å². The molecule has 1 saturated heterocycles. The van der Waals surface area contributed by atoms with E-state index in [1.165, 1.54) is 5.56 Å². The SMILES string of the molecule is C[C@@H](O)[C@H]1ON(Cc2cccc(-c3ccc(C(C)(C)C)cc3)c2)[C@@H](C(=O)NCCc2c[nH]c3ccccc23)[C@H]1CO. The van der Waals surface area contributed by atoms with Crippen molar-refractivity contribution in [3.8, 4) is 11.1 Å². The molecule has 1 amide bonds. The van der Waals surface area contributed by atoms with Crippen LogP contribution in [0.15, 0.2) is 79.0 Å². The number of nitrogens with one attached hydrogen (secondary N) is 2. The molecule has 216 valence electrons. The second-order valence-electron chi connectivity index (χ2n) is 12.1. The molecule has 1 aromatic heterocycles. The van der Waals surface area contributed by atoms with Gasteiger partial charge in [0.2, 0.25) is 5.91 Å². The lowest BCUT2D eigenvalue weighted by atomic mass is 9.86. The van der Waals surface area contributed by atoms with Gasteiger partial charge in [-0.1, -0.05) is 81.4 Å². The molecular weight excluding hydrogens is 514 g/mol. The van der Waals surface area contributed by atoms with Crippen LogP contribution in [0, 0.1) is 5.92 Å². The third kappa shape index (κ3) is 6.39. The third-order valence-electron chi connectivity index (χ3n) is 8.07. The number of aliphatic hydroxyl groups is 2. The fourth-order valence-electron chi connectivity index (χ4n) is 5.76. The number of aromatic amines is 1. The number of aromatic nitrogens is 1. The smallest absolute Gasteiger partial charge is 0.240 e. The first-order valence-corrected chi connectivity index (χ1v) is 14.4. The predicted octanol–water partition coefficient (Wildman–Crippen LogP) is 4.97. The normalized spacial score (nSPS) is 20.4. The fourth-order valence-corrected chi connectivity index (χ4v) is 5.76. The van der Waals surface area contributed by atoms with Crippen LogP contribution in [0.1, 0.15) is 44.4 Å². The molecule has 4 N–H and O–H groups in total. The lowest BCUT2D eigenvalue weighted by Gasteiger charge is -2.24. The van der Waals surface area contributed by atoms with Gasteiger partial charge in [-0.05, 0) is 58.7 Å². The summed E-state index contributed by atoms with van der Waals surface area (Å²) in [6, 6.07) is 24.2. The summed E-state index contributed by atoms with van der Waals surface area (Å²) in [5, 5.41) is 26.5. The first kappa shape index (κ1) is 29.0. The summed E-state index contributed by atoms with van der Waals surface area (Å²) in [6.07, 6.45) is 1.12. The maximum atomic E-state index is 13.5. The summed E-state index contributed by atoms with van der Waals surface area (Å²) in [7, 11) is 0. The number of benzene rings is 3. The highest BCUT2D eigenvalue weighted by molar-refractivity contribution is 5.84. The van der Waals surface area contributed by atoms with Gasteiger partial charge in [-0.25, -0.2) is 0 Å². The largest absolute Gasteiger partial charge is 0.396 e. The third-order valence-corrected chi connectivity index (χ3v) is 8.07. The summed E-state index contributed by atoms with van der Waals surface area (Å²) in [6.45, 7) is 8.75. The molecule has 1 aliphatic rings. The zero-order valence-electron chi connectivity index (χ0n) is 24.3. The van der Waals surface area contributed by atoms with E-state index >= 15 is 0 Å². The molecule has 7 heteroatoms. The highest BCUT2D eigenvalue weighted by Crippen LogP contribution is 2.33. The average molecular weight is 556 g/mol. The lowest BCUT2D eigenvalue weighted by molar-refractivity contribution is -0.192. The predicted molar refractivity (Wildman–Crippen MR) is 162 cm³/mol. The van der Waals surface area contributed by atoms with Crippen molar-refractivity contribution in [2.24, 2.45) is 5.92 Å². The van der Waals surface area contributed by atoms with Gasteiger partial charge in [0, 0.05) is 29.6 Å². The van der Waals surface area contributed by atoms with Crippen LogP contribution in [-0.2, 0) is 28.0 Å². The van der Waals surface area contributed by atoms with E-state index in [1.54, 1.807) is 12.0 Å². The van der Waals surface area contributed by atoms with Crippen LogP contribution in [-0.4, -0.2) is 57.6 Å². The molecule has 0 radical (unpaired) electrons. The van der Waals surface area contributed by atoms with Crippen molar-refractivity contribution in [2.75, 3.05) is 13.2 Å². The van der Waals surface area contributed by atoms with Crippen molar-refractivity contribution in [3.05, 3.63) is 95.7 Å². The van der Waals surface area contributed by atoms with Crippen molar-refractivity contribution in [1.82, 2.24) is 15.4 Å². The minimum Gasteiger partial charge on any atom is -0.396 e. The zero-order valence-corrected chi connectivity index (χ0v) is 24.3. The van der Waals surface area contributed by atoms with Gasteiger partial charge in [0.25, 0.3) is 0 Å². The molecule has 5 rings (SSSR count). The fraction of sp³-hybridized carbons (Fsp3) is 0.382. The van der Waals surface area contributed by atoms with Gasteiger partial charge >= 0.3 is 0 Å². The van der Waals surface area contributed by atoms with E-state index < -0.39 is 24.2 Å². The first-order valence-electron chi connectivity index (χ1n) is 14.4. The number of fused-ring (bicyclic) bond motifs is 1. The van der Waals surface area contributed by atoms with Gasteiger partial charge in [0.15, 0.2) is 0 Å². The van der Waals surface area contributed by atoms with E-state index in [-0.39, 0.29) is 17.9 Å². The summed E-state index contributed by atoms with van der Waals surface area (Å²) in [5.41, 5.74) is 6.73. The Balaban J connectivity index is 1.31. The molecule has 0 bridgehead atoms. The monoisotopic (exact) mass is 555 g/mol. The molecule has 41 heavy (non-hydrogen) atoms. The Bertz CT molecular complexity index is 1470. The van der Waals surface area contributed by atoms with E-state index in [4.69, 9.17) is 4.84 Å². The van der Waals surface area contributed by atoms with Gasteiger partial charge in [0.1, 0.15) is 12.1 Å². The second kappa shape index (κ2) is 12.2. The van der Waals surface area contributed by atoms with Crippen molar-refractivity contribution in [3.63, 3.8) is 0 Å². The molecule has 0 saturated carbocycles. The molecule has 0 spiro atoms. The van der Waals surface area contributed by atoms with E-state index in [0.29, 0.717) is 19.5 Å². The molecule has 3 aromatic carbocycles. The summed E-state index contributed by atoms with van der Waals surface area (Å²) in [5.74, 6) is -0.780. The number of carbonyl (C=O) groups excluding carboxylic acids is 1. The van der Waals surface area contributed by atoms with Crippen molar-refractivity contribution in [1.29, 1.82) is 0 Å². The highest BCUT2D eigenvalue weighted by atomic mass is 16.7. The Kier molecular flexibility index (Phi) is 8.61. The van der Waals surface area contributed by atoms with Crippen molar-refractivity contribution >= 4 is 16.8 Å². The maximum Gasteiger partial charge on any atom is 0.240 e. The first-order chi connectivity index (χ1) is 19.7.